The highest BCUT2D eigenvalue weighted by Crippen LogP contribution is 2.41. The molecule has 5 aromatic rings. The Bertz CT molecular complexity index is 1710. The molecule has 0 aliphatic rings. The summed E-state index contributed by atoms with van der Waals surface area (Å²) in [6.07, 6.45) is 3.38. The fourth-order valence-corrected chi connectivity index (χ4v) is 4.76. The van der Waals surface area contributed by atoms with Crippen LogP contribution in [0.4, 0.5) is 5.69 Å². The lowest BCUT2D eigenvalue weighted by atomic mass is 9.96. The number of aromatic nitrogens is 3. The number of nitrogens with one attached hydrogen (secondary N) is 2. The van der Waals surface area contributed by atoms with E-state index in [1.54, 1.807) is 30.2 Å². The summed E-state index contributed by atoms with van der Waals surface area (Å²) < 4.78 is 8.06. The van der Waals surface area contributed by atoms with Gasteiger partial charge in [-0.15, -0.1) is 5.10 Å². The summed E-state index contributed by atoms with van der Waals surface area (Å²) in [5.41, 5.74) is 5.54. The van der Waals surface area contributed by atoms with E-state index < -0.39 is 0 Å². The fourth-order valence-electron chi connectivity index (χ4n) is 4.76. The third-order valence-corrected chi connectivity index (χ3v) is 6.89. The first-order valence-corrected chi connectivity index (χ1v) is 13.5. The molecule has 0 aliphatic carbocycles. The molecule has 3 aromatic carbocycles. The number of hydrogen-bond donors (Lipinski definition) is 2. The molecule has 2 N–H and O–H groups in total. The van der Waals surface area contributed by atoms with E-state index in [-0.39, 0.29) is 17.4 Å². The van der Waals surface area contributed by atoms with Crippen LogP contribution in [0.5, 0.6) is 0 Å². The molecule has 9 heteroatoms. The van der Waals surface area contributed by atoms with Gasteiger partial charge in [-0.1, -0.05) is 17.3 Å². The second-order valence-corrected chi connectivity index (χ2v) is 10.9. The monoisotopic (exact) mass is 550 g/mol. The summed E-state index contributed by atoms with van der Waals surface area (Å²) in [6, 6.07) is 19.1. The van der Waals surface area contributed by atoms with Crippen molar-refractivity contribution in [2.24, 2.45) is 0 Å². The van der Waals surface area contributed by atoms with E-state index in [4.69, 9.17) is 4.42 Å². The van der Waals surface area contributed by atoms with Crippen LogP contribution in [-0.4, -0.2) is 53.0 Å². The van der Waals surface area contributed by atoms with Crippen molar-refractivity contribution in [1.29, 1.82) is 0 Å². The zero-order valence-corrected chi connectivity index (χ0v) is 24.1. The molecule has 5 rings (SSSR count). The number of fused-ring (bicyclic) bond motifs is 1. The van der Waals surface area contributed by atoms with Crippen molar-refractivity contribution in [3.05, 3.63) is 84.2 Å². The number of amides is 2. The summed E-state index contributed by atoms with van der Waals surface area (Å²) in [5.74, 6) is 0.0850. The molecule has 210 valence electrons. The highest BCUT2D eigenvalue weighted by Gasteiger charge is 2.25. The summed E-state index contributed by atoms with van der Waals surface area (Å²) in [5, 5.41) is 14.4. The van der Waals surface area contributed by atoms with Gasteiger partial charge >= 0.3 is 0 Å². The van der Waals surface area contributed by atoms with Gasteiger partial charge in [-0.2, -0.15) is 0 Å². The smallest absolute Gasteiger partial charge is 0.255 e. The molecule has 2 amide bonds. The van der Waals surface area contributed by atoms with Crippen molar-refractivity contribution in [2.75, 3.05) is 25.5 Å². The van der Waals surface area contributed by atoms with Gasteiger partial charge in [0.15, 0.2) is 0 Å². The van der Waals surface area contributed by atoms with Crippen LogP contribution in [-0.2, 0) is 0 Å². The van der Waals surface area contributed by atoms with Crippen molar-refractivity contribution in [3.63, 3.8) is 0 Å². The minimum atomic E-state index is -0.358. The van der Waals surface area contributed by atoms with Crippen LogP contribution < -0.4 is 15.5 Å². The number of nitrogens with zero attached hydrogens (tertiary/aromatic N) is 4. The molecule has 2 heterocycles. The molecule has 2 aromatic heterocycles. The molecule has 0 fully saturated rings. The van der Waals surface area contributed by atoms with Gasteiger partial charge in [-0.3, -0.25) is 9.59 Å². The molecule has 0 saturated carbocycles. The predicted octanol–water partition coefficient (Wildman–Crippen LogP) is 5.69. The van der Waals surface area contributed by atoms with Crippen molar-refractivity contribution in [1.82, 2.24) is 25.6 Å². The van der Waals surface area contributed by atoms with Gasteiger partial charge in [0.2, 0.25) is 0 Å². The lowest BCUT2D eigenvalue weighted by Crippen LogP contribution is -2.40. The maximum Gasteiger partial charge on any atom is 0.255 e. The molecule has 0 atom stereocenters. The summed E-state index contributed by atoms with van der Waals surface area (Å²) in [7, 11) is 3.61. The third kappa shape index (κ3) is 5.56. The van der Waals surface area contributed by atoms with Crippen LogP contribution in [0.2, 0.25) is 0 Å². The lowest BCUT2D eigenvalue weighted by Gasteiger charge is -2.22. The standard InChI is InChI=1S/C32H34N6O3/c1-7-37(6)26-19-27-25(18-24(26)21-9-8-10-22(17-21)30(39)35-32(2,3)4)28(31(40)33-5)29(41-27)20-11-13-23(14-12-20)38-16-15-34-36-38/h8-19H,7H2,1-6H3,(H,33,40)(H,35,39). The maximum absolute atomic E-state index is 13.3. The van der Waals surface area contributed by atoms with Crippen LogP contribution in [0, 0.1) is 0 Å². The van der Waals surface area contributed by atoms with E-state index >= 15 is 0 Å². The first-order chi connectivity index (χ1) is 19.6. The lowest BCUT2D eigenvalue weighted by molar-refractivity contribution is 0.0918. The average Bonchev–Trinajstić information content (AvgIpc) is 3.63. The van der Waals surface area contributed by atoms with Gasteiger partial charge in [0.1, 0.15) is 11.3 Å². The van der Waals surface area contributed by atoms with E-state index in [2.05, 4.69) is 32.8 Å². The van der Waals surface area contributed by atoms with Gasteiger partial charge in [0.25, 0.3) is 11.8 Å². The van der Waals surface area contributed by atoms with Gasteiger partial charge < -0.3 is 20.0 Å². The van der Waals surface area contributed by atoms with Crippen LogP contribution in [0.1, 0.15) is 48.4 Å². The molecular formula is C32H34N6O3. The molecule has 0 unspecified atom stereocenters. The number of carbonyl (C=O) groups is 2. The maximum atomic E-state index is 13.3. The minimum absolute atomic E-state index is 0.142. The Balaban J connectivity index is 1.68. The molecule has 0 spiro atoms. The second kappa shape index (κ2) is 10.9. The topological polar surface area (TPSA) is 105 Å². The minimum Gasteiger partial charge on any atom is -0.455 e. The predicted molar refractivity (Wildman–Crippen MR) is 162 cm³/mol. The summed E-state index contributed by atoms with van der Waals surface area (Å²) in [6.45, 7) is 8.69. The number of rotatable bonds is 7. The van der Waals surface area contributed by atoms with E-state index in [9.17, 15) is 9.59 Å². The summed E-state index contributed by atoms with van der Waals surface area (Å²) >= 11 is 0. The van der Waals surface area contributed by atoms with Crippen LogP contribution in [0.15, 0.2) is 77.5 Å². The molecule has 9 nitrogen and oxygen atoms in total. The van der Waals surface area contributed by atoms with Crippen LogP contribution in [0.3, 0.4) is 0 Å². The number of anilines is 1. The number of hydrogen-bond acceptors (Lipinski definition) is 6. The van der Waals surface area contributed by atoms with Gasteiger partial charge in [0.05, 0.1) is 23.6 Å². The molecular weight excluding hydrogens is 516 g/mol. The van der Waals surface area contributed by atoms with Gasteiger partial charge in [0, 0.05) is 60.0 Å². The normalized spacial score (nSPS) is 11.5. The Kier molecular flexibility index (Phi) is 7.36. The number of carbonyl (C=O) groups excluding carboxylic acids is 2. The number of benzene rings is 3. The van der Waals surface area contributed by atoms with E-state index in [0.29, 0.717) is 27.9 Å². The van der Waals surface area contributed by atoms with Crippen molar-refractivity contribution >= 4 is 28.5 Å². The van der Waals surface area contributed by atoms with Crippen molar-refractivity contribution in [2.45, 2.75) is 33.2 Å². The zero-order valence-electron chi connectivity index (χ0n) is 24.1. The Morgan fingerprint density at radius 1 is 1.00 bits per heavy atom. The molecule has 0 radical (unpaired) electrons. The fraction of sp³-hybridized carbons (Fsp3) is 0.250. The SMILES string of the molecule is CCN(C)c1cc2oc(-c3ccc(-n4ccnn4)cc3)c(C(=O)NC)c2cc1-c1cccc(C(=O)NC(C)(C)C)c1. The molecule has 41 heavy (non-hydrogen) atoms. The second-order valence-electron chi connectivity index (χ2n) is 10.9. The van der Waals surface area contributed by atoms with Crippen LogP contribution in [0.25, 0.3) is 39.1 Å². The Hall–Kier alpha value is -4.92. The van der Waals surface area contributed by atoms with Crippen LogP contribution >= 0.6 is 0 Å². The third-order valence-electron chi connectivity index (χ3n) is 6.89. The van der Waals surface area contributed by atoms with Gasteiger partial charge in [-0.05, 0) is 75.7 Å². The summed E-state index contributed by atoms with van der Waals surface area (Å²) in [4.78, 5) is 28.4. The van der Waals surface area contributed by atoms with E-state index in [1.165, 1.54) is 0 Å². The Morgan fingerprint density at radius 3 is 2.39 bits per heavy atom. The first-order valence-electron chi connectivity index (χ1n) is 13.5. The van der Waals surface area contributed by atoms with Crippen molar-refractivity contribution < 1.29 is 14.0 Å². The highest BCUT2D eigenvalue weighted by molar-refractivity contribution is 6.13. The quantitative estimate of drug-likeness (QED) is 0.270. The highest BCUT2D eigenvalue weighted by atomic mass is 16.3. The van der Waals surface area contributed by atoms with E-state index in [1.807, 2.05) is 82.4 Å². The zero-order chi connectivity index (χ0) is 29.3. The Labute approximate surface area is 239 Å². The van der Waals surface area contributed by atoms with Crippen molar-refractivity contribution in [3.8, 4) is 28.1 Å². The molecule has 0 bridgehead atoms. The first kappa shape index (κ1) is 27.6. The largest absolute Gasteiger partial charge is 0.455 e. The number of furan rings is 1. The molecule has 0 saturated heterocycles. The average molecular weight is 551 g/mol. The Morgan fingerprint density at radius 2 is 1.76 bits per heavy atom. The molecule has 0 aliphatic heterocycles. The van der Waals surface area contributed by atoms with Gasteiger partial charge in [-0.25, -0.2) is 4.68 Å². The van der Waals surface area contributed by atoms with E-state index in [0.717, 1.165) is 34.6 Å².